The summed E-state index contributed by atoms with van der Waals surface area (Å²) in [7, 11) is 0. The number of rotatable bonds is 3. The van der Waals surface area contributed by atoms with Gasteiger partial charge in [0.05, 0.1) is 0 Å². The van der Waals surface area contributed by atoms with Crippen molar-refractivity contribution in [1.82, 2.24) is 15.3 Å². The van der Waals surface area contributed by atoms with Crippen molar-refractivity contribution in [1.29, 1.82) is 0 Å². The lowest BCUT2D eigenvalue weighted by atomic mass is 10.4. The standard InChI is InChI=1S/C10H10F3N3O/c1-2-3-5-15-9(17)8-14-6-4-7(16-8)10(11,12)13/h2-4,6H,5H2,1H3,(H,15,17)/b3-2+. The summed E-state index contributed by atoms with van der Waals surface area (Å²) < 4.78 is 36.9. The molecule has 92 valence electrons. The van der Waals surface area contributed by atoms with E-state index in [4.69, 9.17) is 0 Å². The minimum Gasteiger partial charge on any atom is -0.346 e. The molecule has 4 nitrogen and oxygen atoms in total. The van der Waals surface area contributed by atoms with Gasteiger partial charge in [-0.15, -0.1) is 0 Å². The van der Waals surface area contributed by atoms with Gasteiger partial charge in [0.2, 0.25) is 5.82 Å². The Labute approximate surface area is 95.6 Å². The Morgan fingerprint density at radius 1 is 1.53 bits per heavy atom. The zero-order chi connectivity index (χ0) is 12.9. The molecule has 0 saturated heterocycles. The van der Waals surface area contributed by atoms with Crippen LogP contribution in [0.1, 0.15) is 23.2 Å². The van der Waals surface area contributed by atoms with Gasteiger partial charge in [0.15, 0.2) is 0 Å². The van der Waals surface area contributed by atoms with Crippen molar-refractivity contribution < 1.29 is 18.0 Å². The largest absolute Gasteiger partial charge is 0.433 e. The molecule has 0 atom stereocenters. The molecule has 0 aliphatic heterocycles. The van der Waals surface area contributed by atoms with Crippen molar-refractivity contribution in [2.75, 3.05) is 6.54 Å². The van der Waals surface area contributed by atoms with Crippen molar-refractivity contribution in [3.05, 3.63) is 35.9 Å². The number of nitrogens with zero attached hydrogens (tertiary/aromatic N) is 2. The van der Waals surface area contributed by atoms with Crippen LogP contribution in [0.25, 0.3) is 0 Å². The SMILES string of the molecule is C/C=C/CNC(=O)c1nccc(C(F)(F)F)n1. The van der Waals surface area contributed by atoms with E-state index in [0.717, 1.165) is 6.20 Å². The van der Waals surface area contributed by atoms with Gasteiger partial charge in [0.25, 0.3) is 5.91 Å². The van der Waals surface area contributed by atoms with Crippen LogP contribution in [0.15, 0.2) is 24.4 Å². The van der Waals surface area contributed by atoms with E-state index in [1.54, 1.807) is 19.1 Å². The smallest absolute Gasteiger partial charge is 0.346 e. The monoisotopic (exact) mass is 245 g/mol. The number of halogens is 3. The third-order valence-corrected chi connectivity index (χ3v) is 1.77. The predicted molar refractivity (Wildman–Crippen MR) is 54.2 cm³/mol. The maximum Gasteiger partial charge on any atom is 0.433 e. The van der Waals surface area contributed by atoms with Gasteiger partial charge in [0, 0.05) is 12.7 Å². The molecule has 1 heterocycles. The summed E-state index contributed by atoms with van der Waals surface area (Å²) in [6.45, 7) is 1.97. The molecule has 1 aromatic heterocycles. The number of amides is 1. The lowest BCUT2D eigenvalue weighted by Crippen LogP contribution is -2.26. The highest BCUT2D eigenvalue weighted by Crippen LogP contribution is 2.26. The topological polar surface area (TPSA) is 54.9 Å². The summed E-state index contributed by atoms with van der Waals surface area (Å²) in [4.78, 5) is 18.0. The minimum absolute atomic E-state index is 0.217. The van der Waals surface area contributed by atoms with Crippen LogP contribution in [0.5, 0.6) is 0 Å². The highest BCUT2D eigenvalue weighted by molar-refractivity contribution is 5.90. The molecule has 0 unspecified atom stereocenters. The number of carbonyl (C=O) groups is 1. The fourth-order valence-corrected chi connectivity index (χ4v) is 0.975. The van der Waals surface area contributed by atoms with E-state index in [1.807, 2.05) is 0 Å². The summed E-state index contributed by atoms with van der Waals surface area (Å²) in [6, 6.07) is 0.711. The molecule has 0 spiro atoms. The van der Waals surface area contributed by atoms with Crippen LogP contribution in [0.2, 0.25) is 0 Å². The number of nitrogens with one attached hydrogen (secondary N) is 1. The molecule has 1 amide bonds. The van der Waals surface area contributed by atoms with Crippen LogP contribution in [-0.4, -0.2) is 22.4 Å². The number of hydrogen-bond acceptors (Lipinski definition) is 3. The Morgan fingerprint density at radius 3 is 2.82 bits per heavy atom. The Morgan fingerprint density at radius 2 is 2.24 bits per heavy atom. The fraction of sp³-hybridized carbons (Fsp3) is 0.300. The highest BCUT2D eigenvalue weighted by Gasteiger charge is 2.33. The van der Waals surface area contributed by atoms with Crippen LogP contribution >= 0.6 is 0 Å². The molecular formula is C10H10F3N3O. The molecule has 0 saturated carbocycles. The lowest BCUT2D eigenvalue weighted by Gasteiger charge is -2.06. The second-order valence-electron chi connectivity index (χ2n) is 3.04. The first-order chi connectivity index (χ1) is 7.95. The Bertz CT molecular complexity index is 429. The second-order valence-corrected chi connectivity index (χ2v) is 3.04. The van der Waals surface area contributed by atoms with Crippen molar-refractivity contribution in [3.8, 4) is 0 Å². The van der Waals surface area contributed by atoms with Crippen molar-refractivity contribution >= 4 is 5.91 Å². The molecule has 1 aromatic rings. The molecule has 17 heavy (non-hydrogen) atoms. The van der Waals surface area contributed by atoms with Gasteiger partial charge < -0.3 is 5.32 Å². The van der Waals surface area contributed by atoms with Gasteiger partial charge >= 0.3 is 6.18 Å². The Kier molecular flexibility index (Phi) is 4.19. The maximum atomic E-state index is 12.3. The van der Waals surface area contributed by atoms with Gasteiger partial charge in [0.1, 0.15) is 5.69 Å². The molecule has 0 radical (unpaired) electrons. The van der Waals surface area contributed by atoms with Gasteiger partial charge in [-0.05, 0) is 13.0 Å². The number of allylic oxidation sites excluding steroid dienone is 1. The van der Waals surface area contributed by atoms with Crippen LogP contribution < -0.4 is 5.32 Å². The molecule has 1 N–H and O–H groups in total. The van der Waals surface area contributed by atoms with Crippen molar-refractivity contribution in [2.45, 2.75) is 13.1 Å². The third-order valence-electron chi connectivity index (χ3n) is 1.77. The van der Waals surface area contributed by atoms with E-state index in [0.29, 0.717) is 6.07 Å². The normalized spacial score (nSPS) is 11.8. The van der Waals surface area contributed by atoms with E-state index < -0.39 is 23.6 Å². The summed E-state index contributed by atoms with van der Waals surface area (Å²) in [5.41, 5.74) is -1.14. The lowest BCUT2D eigenvalue weighted by molar-refractivity contribution is -0.141. The molecule has 1 rings (SSSR count). The molecule has 0 aromatic carbocycles. The first-order valence-electron chi connectivity index (χ1n) is 4.74. The number of alkyl halides is 3. The van der Waals surface area contributed by atoms with E-state index in [2.05, 4.69) is 15.3 Å². The average Bonchev–Trinajstić information content (AvgIpc) is 2.28. The van der Waals surface area contributed by atoms with Crippen LogP contribution in [0.4, 0.5) is 13.2 Å². The molecular weight excluding hydrogens is 235 g/mol. The first kappa shape index (κ1) is 13.1. The molecule has 0 bridgehead atoms. The second kappa shape index (κ2) is 5.42. The van der Waals surface area contributed by atoms with Crippen LogP contribution in [0.3, 0.4) is 0 Å². The van der Waals surface area contributed by atoms with E-state index >= 15 is 0 Å². The summed E-state index contributed by atoms with van der Waals surface area (Å²) in [6.07, 6.45) is -0.333. The van der Waals surface area contributed by atoms with E-state index in [1.165, 1.54) is 0 Å². The third kappa shape index (κ3) is 3.86. The summed E-state index contributed by atoms with van der Waals surface area (Å²) in [5.74, 6) is -1.24. The summed E-state index contributed by atoms with van der Waals surface area (Å²) >= 11 is 0. The van der Waals surface area contributed by atoms with Crippen molar-refractivity contribution in [2.24, 2.45) is 0 Å². The van der Waals surface area contributed by atoms with E-state index in [9.17, 15) is 18.0 Å². The van der Waals surface area contributed by atoms with E-state index in [-0.39, 0.29) is 6.54 Å². The first-order valence-corrected chi connectivity index (χ1v) is 4.74. The van der Waals surface area contributed by atoms with Gasteiger partial charge in [-0.3, -0.25) is 4.79 Å². The zero-order valence-corrected chi connectivity index (χ0v) is 8.95. The number of carbonyl (C=O) groups excluding carboxylic acids is 1. The number of hydrogen-bond donors (Lipinski definition) is 1. The number of aromatic nitrogens is 2. The average molecular weight is 245 g/mol. The Hall–Kier alpha value is -1.92. The predicted octanol–water partition coefficient (Wildman–Crippen LogP) is 1.80. The fourth-order valence-electron chi connectivity index (χ4n) is 0.975. The van der Waals surface area contributed by atoms with Gasteiger partial charge in [-0.25, -0.2) is 9.97 Å². The van der Waals surface area contributed by atoms with Gasteiger partial charge in [-0.1, -0.05) is 12.2 Å². The molecule has 0 fully saturated rings. The molecule has 0 aliphatic rings. The van der Waals surface area contributed by atoms with Crippen molar-refractivity contribution in [3.63, 3.8) is 0 Å². The van der Waals surface area contributed by atoms with Crippen LogP contribution in [0, 0.1) is 0 Å². The van der Waals surface area contributed by atoms with Crippen LogP contribution in [-0.2, 0) is 6.18 Å². The highest BCUT2D eigenvalue weighted by atomic mass is 19.4. The Balaban J connectivity index is 2.81. The summed E-state index contributed by atoms with van der Waals surface area (Å²) in [5, 5.41) is 2.36. The molecule has 7 heteroatoms. The molecule has 0 aliphatic carbocycles. The quantitative estimate of drug-likeness (QED) is 0.826. The maximum absolute atomic E-state index is 12.3. The zero-order valence-electron chi connectivity index (χ0n) is 8.95. The van der Waals surface area contributed by atoms with Gasteiger partial charge in [-0.2, -0.15) is 13.2 Å². The minimum atomic E-state index is -4.58.